The summed E-state index contributed by atoms with van der Waals surface area (Å²) >= 11 is 5.95. The Morgan fingerprint density at radius 1 is 1.55 bits per heavy atom. The van der Waals surface area contributed by atoms with Crippen LogP contribution >= 0.6 is 11.6 Å². The van der Waals surface area contributed by atoms with Crippen molar-refractivity contribution in [3.05, 3.63) is 29.2 Å². The summed E-state index contributed by atoms with van der Waals surface area (Å²) in [4.78, 5) is 10.7. The summed E-state index contributed by atoms with van der Waals surface area (Å²) in [5.41, 5.74) is 7.67. The Morgan fingerprint density at radius 3 is 3.10 bits per heavy atom. The topological polar surface area (TPSA) is 71.8 Å². The van der Waals surface area contributed by atoms with E-state index in [4.69, 9.17) is 17.3 Å². The lowest BCUT2D eigenvalue weighted by Crippen LogP contribution is -2.35. The van der Waals surface area contributed by atoms with E-state index in [1.165, 1.54) is 12.8 Å². The zero-order valence-corrected chi connectivity index (χ0v) is 12.1. The van der Waals surface area contributed by atoms with Crippen molar-refractivity contribution >= 4 is 23.2 Å². The maximum absolute atomic E-state index is 5.95. The van der Waals surface area contributed by atoms with Crippen molar-refractivity contribution in [2.24, 2.45) is 10.7 Å². The van der Waals surface area contributed by atoms with Crippen LogP contribution in [0.5, 0.6) is 0 Å². The van der Waals surface area contributed by atoms with Gasteiger partial charge in [0.2, 0.25) is 0 Å². The molecule has 7 heteroatoms. The quantitative estimate of drug-likeness (QED) is 0.682. The van der Waals surface area contributed by atoms with Gasteiger partial charge in [-0.05, 0) is 24.8 Å². The number of aliphatic imine (C=N–C) groups is 1. The Hall–Kier alpha value is -1.82. The summed E-state index contributed by atoms with van der Waals surface area (Å²) in [5.74, 6) is 0.615. The molecule has 0 aromatic carbocycles. The van der Waals surface area contributed by atoms with Gasteiger partial charge in [-0.2, -0.15) is 5.10 Å². The predicted molar refractivity (Wildman–Crippen MR) is 79.0 cm³/mol. The second-order valence-electron chi connectivity index (χ2n) is 5.05. The van der Waals surface area contributed by atoms with Crippen LogP contribution in [0.1, 0.15) is 18.4 Å². The van der Waals surface area contributed by atoms with Crippen LogP contribution in [-0.4, -0.2) is 45.1 Å². The molecule has 2 heterocycles. The van der Waals surface area contributed by atoms with Gasteiger partial charge >= 0.3 is 0 Å². The van der Waals surface area contributed by atoms with Crippen molar-refractivity contribution < 1.29 is 0 Å². The highest BCUT2D eigenvalue weighted by Crippen LogP contribution is 2.24. The van der Waals surface area contributed by atoms with Gasteiger partial charge in [0, 0.05) is 32.0 Å². The predicted octanol–water partition coefficient (Wildman–Crippen LogP) is 1.33. The fourth-order valence-electron chi connectivity index (χ4n) is 2.07. The number of nitrogens with two attached hydrogens (primary N) is 1. The number of rotatable bonds is 4. The summed E-state index contributed by atoms with van der Waals surface area (Å²) in [6.07, 6.45) is 8.53. The Kier molecular flexibility index (Phi) is 3.48. The number of aromatic nitrogens is 3. The van der Waals surface area contributed by atoms with Crippen molar-refractivity contribution in [3.63, 3.8) is 0 Å². The Balaban J connectivity index is 1.63. The molecule has 0 spiro atoms. The van der Waals surface area contributed by atoms with Crippen LogP contribution in [0.25, 0.3) is 5.65 Å². The molecule has 0 bridgehead atoms. The lowest BCUT2D eigenvalue weighted by atomic mass is 10.2. The van der Waals surface area contributed by atoms with Crippen molar-refractivity contribution in [1.29, 1.82) is 0 Å². The van der Waals surface area contributed by atoms with Crippen LogP contribution in [-0.2, 0) is 6.42 Å². The molecule has 6 nitrogen and oxygen atoms in total. The van der Waals surface area contributed by atoms with E-state index < -0.39 is 0 Å². The van der Waals surface area contributed by atoms with Crippen molar-refractivity contribution in [2.75, 3.05) is 13.6 Å². The maximum Gasteiger partial charge on any atom is 0.191 e. The Morgan fingerprint density at radius 2 is 2.35 bits per heavy atom. The standard InChI is InChI=1S/C13H17ClN6/c1-19(10-2-3-10)13(15)16-5-4-9-6-17-12-11(14)7-18-20(12)8-9/h6-8,10H,2-5H2,1H3,(H2,15,16). The molecule has 1 saturated carbocycles. The van der Waals surface area contributed by atoms with Gasteiger partial charge < -0.3 is 10.6 Å². The maximum atomic E-state index is 5.95. The van der Waals surface area contributed by atoms with Crippen LogP contribution < -0.4 is 5.73 Å². The normalized spacial score (nSPS) is 15.8. The number of fused-ring (bicyclic) bond motifs is 1. The third-order valence-corrected chi connectivity index (χ3v) is 3.76. The van der Waals surface area contributed by atoms with Crippen LogP contribution in [0.2, 0.25) is 5.02 Å². The first-order valence-corrected chi connectivity index (χ1v) is 7.03. The average molecular weight is 293 g/mol. The molecule has 20 heavy (non-hydrogen) atoms. The van der Waals surface area contributed by atoms with Gasteiger partial charge in [-0.3, -0.25) is 4.99 Å². The first kappa shape index (κ1) is 13.2. The smallest absolute Gasteiger partial charge is 0.191 e. The summed E-state index contributed by atoms with van der Waals surface area (Å²) in [6, 6.07) is 0.586. The van der Waals surface area contributed by atoms with E-state index in [0.29, 0.717) is 29.2 Å². The third kappa shape index (κ3) is 2.70. The van der Waals surface area contributed by atoms with Gasteiger partial charge in [0.05, 0.1) is 6.20 Å². The molecule has 0 aliphatic heterocycles. The van der Waals surface area contributed by atoms with E-state index >= 15 is 0 Å². The van der Waals surface area contributed by atoms with Crippen LogP contribution in [0.15, 0.2) is 23.6 Å². The molecular weight excluding hydrogens is 276 g/mol. The molecule has 0 amide bonds. The molecule has 0 unspecified atom stereocenters. The summed E-state index contributed by atoms with van der Waals surface area (Å²) in [6.45, 7) is 0.644. The second-order valence-corrected chi connectivity index (χ2v) is 5.46. The highest BCUT2D eigenvalue weighted by molar-refractivity contribution is 6.33. The lowest BCUT2D eigenvalue weighted by Gasteiger charge is -2.16. The zero-order valence-electron chi connectivity index (χ0n) is 11.3. The molecule has 2 N–H and O–H groups in total. The van der Waals surface area contributed by atoms with Crippen LogP contribution in [0.4, 0.5) is 0 Å². The monoisotopic (exact) mass is 292 g/mol. The highest BCUT2D eigenvalue weighted by Gasteiger charge is 2.27. The molecule has 0 saturated heterocycles. The number of guanidine groups is 1. The first-order valence-electron chi connectivity index (χ1n) is 6.65. The van der Waals surface area contributed by atoms with Gasteiger partial charge in [0.1, 0.15) is 5.02 Å². The van der Waals surface area contributed by atoms with E-state index in [1.54, 1.807) is 16.9 Å². The first-order chi connectivity index (χ1) is 9.65. The zero-order chi connectivity index (χ0) is 14.1. The van der Waals surface area contributed by atoms with Crippen LogP contribution in [0, 0.1) is 0 Å². The SMILES string of the molecule is CN(C(N)=NCCc1cnc2c(Cl)cnn2c1)C1CC1. The molecule has 1 aliphatic carbocycles. The summed E-state index contributed by atoms with van der Waals surface area (Å²) < 4.78 is 1.68. The number of halogens is 1. The number of hydrogen-bond acceptors (Lipinski definition) is 3. The number of nitrogens with zero attached hydrogens (tertiary/aromatic N) is 5. The fraction of sp³-hybridized carbons (Fsp3) is 0.462. The molecule has 1 aliphatic rings. The van der Waals surface area contributed by atoms with Crippen LogP contribution in [0.3, 0.4) is 0 Å². The molecule has 3 rings (SSSR count). The van der Waals surface area contributed by atoms with E-state index in [0.717, 1.165) is 12.0 Å². The second kappa shape index (κ2) is 5.28. The highest BCUT2D eigenvalue weighted by atomic mass is 35.5. The van der Waals surface area contributed by atoms with Crippen molar-refractivity contribution in [3.8, 4) is 0 Å². The molecule has 106 valence electrons. The minimum absolute atomic E-state index is 0.560. The van der Waals surface area contributed by atoms with Gasteiger partial charge in [-0.15, -0.1) is 0 Å². The van der Waals surface area contributed by atoms with Crippen molar-refractivity contribution in [2.45, 2.75) is 25.3 Å². The number of hydrogen-bond donors (Lipinski definition) is 1. The Bertz CT molecular complexity index is 645. The molecule has 0 atom stereocenters. The van der Waals surface area contributed by atoms with Gasteiger partial charge in [-0.1, -0.05) is 11.6 Å². The van der Waals surface area contributed by atoms with Crippen molar-refractivity contribution in [1.82, 2.24) is 19.5 Å². The molecular formula is C13H17ClN6. The van der Waals surface area contributed by atoms with E-state index in [2.05, 4.69) is 20.0 Å². The van der Waals surface area contributed by atoms with E-state index in [1.807, 2.05) is 13.2 Å². The average Bonchev–Trinajstić information content (AvgIpc) is 3.23. The van der Waals surface area contributed by atoms with E-state index in [9.17, 15) is 0 Å². The van der Waals surface area contributed by atoms with E-state index in [-0.39, 0.29) is 0 Å². The molecule has 0 radical (unpaired) electrons. The van der Waals surface area contributed by atoms with Gasteiger partial charge in [0.25, 0.3) is 0 Å². The Labute approximate surface area is 122 Å². The minimum atomic E-state index is 0.560. The molecule has 2 aromatic heterocycles. The molecule has 1 fully saturated rings. The summed E-state index contributed by atoms with van der Waals surface area (Å²) in [7, 11) is 2.00. The minimum Gasteiger partial charge on any atom is -0.370 e. The van der Waals surface area contributed by atoms with Gasteiger partial charge in [0.15, 0.2) is 11.6 Å². The fourth-order valence-corrected chi connectivity index (χ4v) is 2.25. The lowest BCUT2D eigenvalue weighted by molar-refractivity contribution is 0.487. The largest absolute Gasteiger partial charge is 0.370 e. The van der Waals surface area contributed by atoms with Gasteiger partial charge in [-0.25, -0.2) is 9.50 Å². The molecule has 2 aromatic rings. The third-order valence-electron chi connectivity index (χ3n) is 3.50. The summed E-state index contributed by atoms with van der Waals surface area (Å²) in [5, 5.41) is 4.70.